The molecular formula is C29H32F2N2O5. The van der Waals surface area contributed by atoms with Crippen LogP contribution in [0, 0.1) is 23.0 Å². The van der Waals surface area contributed by atoms with Gasteiger partial charge in [-0.25, -0.2) is 13.6 Å². The third kappa shape index (κ3) is 5.51. The van der Waals surface area contributed by atoms with Crippen LogP contribution in [0.15, 0.2) is 36.4 Å². The van der Waals surface area contributed by atoms with Crippen molar-refractivity contribution in [3.63, 3.8) is 0 Å². The number of hydrogen-bond acceptors (Lipinski definition) is 5. The second kappa shape index (κ2) is 10.7. The van der Waals surface area contributed by atoms with E-state index >= 15 is 0 Å². The summed E-state index contributed by atoms with van der Waals surface area (Å²) < 4.78 is 39.9. The summed E-state index contributed by atoms with van der Waals surface area (Å²) in [4.78, 5) is 39.2. The van der Waals surface area contributed by atoms with Crippen LogP contribution in [0.4, 0.5) is 8.78 Å². The molecule has 9 heteroatoms. The molecule has 0 bridgehead atoms. The van der Waals surface area contributed by atoms with E-state index in [0.29, 0.717) is 44.2 Å². The van der Waals surface area contributed by atoms with Gasteiger partial charge in [0.1, 0.15) is 17.4 Å². The maximum Gasteiger partial charge on any atom is 0.341 e. The average Bonchev–Trinajstić information content (AvgIpc) is 3.71. The highest BCUT2D eigenvalue weighted by Gasteiger charge is 2.47. The molecule has 0 radical (unpaired) electrons. The number of hydrogen-bond donors (Lipinski definition) is 1. The smallest absolute Gasteiger partial charge is 0.341 e. The van der Waals surface area contributed by atoms with Gasteiger partial charge in [-0.15, -0.1) is 0 Å². The summed E-state index contributed by atoms with van der Waals surface area (Å²) in [5.74, 6) is -2.16. The molecule has 1 N–H and O–H groups in total. The molecule has 7 nitrogen and oxygen atoms in total. The molecule has 0 atom stereocenters. The van der Waals surface area contributed by atoms with Crippen molar-refractivity contribution in [2.24, 2.45) is 11.3 Å². The molecule has 0 aromatic heterocycles. The topological polar surface area (TPSA) is 84.9 Å². The minimum Gasteiger partial charge on any atom is -0.493 e. The summed E-state index contributed by atoms with van der Waals surface area (Å²) in [7, 11) is 0. The van der Waals surface area contributed by atoms with E-state index in [2.05, 4.69) is 5.32 Å². The third-order valence-electron chi connectivity index (χ3n) is 7.81. The Kier molecular flexibility index (Phi) is 7.36. The minimum atomic E-state index is -0.890. The van der Waals surface area contributed by atoms with Crippen LogP contribution in [0.3, 0.4) is 0 Å². The van der Waals surface area contributed by atoms with Crippen molar-refractivity contribution >= 4 is 17.8 Å². The Bertz CT molecular complexity index is 1230. The Morgan fingerprint density at radius 1 is 1.00 bits per heavy atom. The summed E-state index contributed by atoms with van der Waals surface area (Å²) in [6, 6.07) is 8.38. The first-order chi connectivity index (χ1) is 18.3. The largest absolute Gasteiger partial charge is 0.493 e. The molecule has 3 aliphatic rings. The lowest BCUT2D eigenvalue weighted by Crippen LogP contribution is -2.60. The average molecular weight is 527 g/mol. The molecule has 2 aromatic carbocycles. The zero-order valence-electron chi connectivity index (χ0n) is 21.4. The van der Waals surface area contributed by atoms with Gasteiger partial charge in [-0.3, -0.25) is 9.59 Å². The van der Waals surface area contributed by atoms with Gasteiger partial charge in [0.15, 0.2) is 0 Å². The van der Waals surface area contributed by atoms with Crippen LogP contribution in [0.5, 0.6) is 5.75 Å². The van der Waals surface area contributed by atoms with Gasteiger partial charge in [-0.05, 0) is 75.6 Å². The number of rotatable bonds is 8. The van der Waals surface area contributed by atoms with Crippen LogP contribution in [0.25, 0.3) is 0 Å². The Morgan fingerprint density at radius 3 is 2.37 bits per heavy atom. The van der Waals surface area contributed by atoms with Gasteiger partial charge < -0.3 is 19.7 Å². The van der Waals surface area contributed by atoms with E-state index in [0.717, 1.165) is 25.7 Å². The number of ether oxygens (including phenoxy) is 2. The van der Waals surface area contributed by atoms with Crippen LogP contribution in [0.1, 0.15) is 76.5 Å². The van der Waals surface area contributed by atoms with Gasteiger partial charge in [0.25, 0.3) is 11.8 Å². The van der Waals surface area contributed by atoms with E-state index < -0.39 is 23.5 Å². The molecule has 2 amide bonds. The highest BCUT2D eigenvalue weighted by atomic mass is 19.1. The zero-order valence-corrected chi connectivity index (χ0v) is 21.4. The van der Waals surface area contributed by atoms with Crippen molar-refractivity contribution in [2.45, 2.75) is 51.5 Å². The number of halogens is 2. The number of carbonyl (C=O) groups is 3. The van der Waals surface area contributed by atoms with Crippen molar-refractivity contribution < 1.29 is 32.6 Å². The van der Waals surface area contributed by atoms with Crippen LogP contribution in [0.2, 0.25) is 0 Å². The predicted molar refractivity (Wildman–Crippen MR) is 135 cm³/mol. The molecule has 1 aliphatic heterocycles. The van der Waals surface area contributed by atoms with Crippen LogP contribution in [-0.2, 0) is 4.74 Å². The van der Waals surface area contributed by atoms with E-state index in [-0.39, 0.29) is 40.7 Å². The third-order valence-corrected chi connectivity index (χ3v) is 7.81. The van der Waals surface area contributed by atoms with E-state index in [9.17, 15) is 23.2 Å². The van der Waals surface area contributed by atoms with Crippen LogP contribution >= 0.6 is 0 Å². The molecule has 202 valence electrons. The fourth-order valence-corrected chi connectivity index (χ4v) is 5.36. The van der Waals surface area contributed by atoms with Crippen LogP contribution in [-0.4, -0.2) is 55.0 Å². The molecular weight excluding hydrogens is 494 g/mol. The minimum absolute atomic E-state index is 0.0459. The standard InChI is InChI=1S/C29H32F2N2O5/c1-2-37-28(36)23-5-3-4-22(25(23)31)26(34)32-19-10-12-29(13-11-19)16-33(17-29)27(35)21-9-8-20(14-24(21)30)38-15-18-6-7-18/h3-5,8-9,14,18-19H,2,6-7,10-13,15-17H2,1H3,(H,32,34). The maximum atomic E-state index is 14.8. The first-order valence-corrected chi connectivity index (χ1v) is 13.3. The summed E-state index contributed by atoms with van der Waals surface area (Å²) in [5.41, 5.74) is -0.456. The lowest BCUT2D eigenvalue weighted by Gasteiger charge is -2.53. The number of benzene rings is 2. The van der Waals surface area contributed by atoms with E-state index in [4.69, 9.17) is 9.47 Å². The van der Waals surface area contributed by atoms with E-state index in [1.807, 2.05) is 0 Å². The summed E-state index contributed by atoms with van der Waals surface area (Å²) in [5, 5.41) is 2.88. The second-order valence-electron chi connectivity index (χ2n) is 10.7. The molecule has 5 rings (SSSR count). The molecule has 1 saturated heterocycles. The lowest BCUT2D eigenvalue weighted by atomic mass is 9.67. The number of amides is 2. The normalized spacial score (nSPS) is 18.6. The van der Waals surface area contributed by atoms with Crippen molar-refractivity contribution in [1.29, 1.82) is 0 Å². The lowest BCUT2D eigenvalue weighted by molar-refractivity contribution is -0.0201. The molecule has 38 heavy (non-hydrogen) atoms. The quantitative estimate of drug-likeness (QED) is 0.502. The van der Waals surface area contributed by atoms with Gasteiger partial charge in [-0.1, -0.05) is 6.07 Å². The van der Waals surface area contributed by atoms with Gasteiger partial charge in [-0.2, -0.15) is 0 Å². The maximum absolute atomic E-state index is 14.8. The van der Waals surface area contributed by atoms with Crippen LogP contribution < -0.4 is 10.1 Å². The highest BCUT2D eigenvalue weighted by molar-refractivity contribution is 5.98. The van der Waals surface area contributed by atoms with Crippen molar-refractivity contribution in [3.05, 3.63) is 64.7 Å². The number of carbonyl (C=O) groups excluding carboxylic acids is 3. The van der Waals surface area contributed by atoms with Gasteiger partial charge in [0.2, 0.25) is 0 Å². The fourth-order valence-electron chi connectivity index (χ4n) is 5.36. The SMILES string of the molecule is CCOC(=O)c1cccc(C(=O)NC2CCC3(CC2)CN(C(=O)c2ccc(OCC4CC4)cc2F)C3)c1F. The summed E-state index contributed by atoms with van der Waals surface area (Å²) in [6.45, 7) is 3.40. The first-order valence-electron chi connectivity index (χ1n) is 13.3. The fraction of sp³-hybridized carbons (Fsp3) is 0.483. The zero-order chi connectivity index (χ0) is 26.9. The highest BCUT2D eigenvalue weighted by Crippen LogP contribution is 2.44. The molecule has 2 aliphatic carbocycles. The Hall–Kier alpha value is -3.49. The van der Waals surface area contributed by atoms with E-state index in [1.165, 1.54) is 30.3 Å². The monoisotopic (exact) mass is 526 g/mol. The molecule has 0 unspecified atom stereocenters. The van der Waals surface area contributed by atoms with Gasteiger partial charge in [0.05, 0.1) is 29.9 Å². The van der Waals surface area contributed by atoms with Crippen molar-refractivity contribution in [2.75, 3.05) is 26.3 Å². The number of esters is 1. The Labute approximate surface area is 220 Å². The summed E-state index contributed by atoms with van der Waals surface area (Å²) >= 11 is 0. The van der Waals surface area contributed by atoms with Gasteiger partial charge >= 0.3 is 5.97 Å². The predicted octanol–water partition coefficient (Wildman–Crippen LogP) is 4.75. The molecule has 1 heterocycles. The van der Waals surface area contributed by atoms with E-state index in [1.54, 1.807) is 17.9 Å². The summed E-state index contributed by atoms with van der Waals surface area (Å²) in [6.07, 6.45) is 5.26. The Balaban J connectivity index is 1.11. The number of likely N-dealkylation sites (tertiary alicyclic amines) is 1. The van der Waals surface area contributed by atoms with Gasteiger partial charge in [0, 0.05) is 30.6 Å². The number of nitrogens with one attached hydrogen (secondary N) is 1. The van der Waals surface area contributed by atoms with Crippen molar-refractivity contribution in [1.82, 2.24) is 10.2 Å². The second-order valence-corrected chi connectivity index (χ2v) is 10.7. The van der Waals surface area contributed by atoms with Crippen molar-refractivity contribution in [3.8, 4) is 5.75 Å². The number of nitrogens with zero attached hydrogens (tertiary/aromatic N) is 1. The molecule has 2 aromatic rings. The molecule has 1 spiro atoms. The first kappa shape index (κ1) is 26.1. The Morgan fingerprint density at radius 2 is 1.71 bits per heavy atom. The molecule has 3 fully saturated rings. The molecule has 2 saturated carbocycles.